The molecular formula is C11H12F3N3O3. The molecule has 110 valence electrons. The number of rotatable bonds is 4. The Labute approximate surface area is 112 Å². The summed E-state index contributed by atoms with van der Waals surface area (Å²) in [5.41, 5.74) is -0.167. The minimum atomic E-state index is -4.86. The van der Waals surface area contributed by atoms with E-state index in [9.17, 15) is 22.8 Å². The molecule has 3 N–H and O–H groups in total. The van der Waals surface area contributed by atoms with Crippen LogP contribution in [-0.2, 0) is 4.79 Å². The number of amides is 3. The van der Waals surface area contributed by atoms with Gasteiger partial charge in [0.2, 0.25) is 5.91 Å². The first kappa shape index (κ1) is 15.6. The maximum Gasteiger partial charge on any atom is 0.573 e. The van der Waals surface area contributed by atoms with Crippen molar-refractivity contribution < 1.29 is 27.5 Å². The standard InChI is InChI=1S/C11H12F3N3O3/c1-15-9(18)6-16-10(19)17-7-4-2-3-5-8(7)20-11(12,13)14/h2-5H,6H2,1H3,(H,15,18)(H2,16,17,19). The number of nitrogens with one attached hydrogen (secondary N) is 3. The predicted octanol–water partition coefficient (Wildman–Crippen LogP) is 1.45. The Morgan fingerprint density at radius 3 is 2.50 bits per heavy atom. The van der Waals surface area contributed by atoms with Crippen molar-refractivity contribution in [3.05, 3.63) is 24.3 Å². The van der Waals surface area contributed by atoms with Gasteiger partial charge in [-0.25, -0.2) is 4.79 Å². The van der Waals surface area contributed by atoms with E-state index in [-0.39, 0.29) is 12.2 Å². The fourth-order valence-corrected chi connectivity index (χ4v) is 1.20. The van der Waals surface area contributed by atoms with Crippen LogP contribution in [0.15, 0.2) is 24.3 Å². The van der Waals surface area contributed by atoms with E-state index in [4.69, 9.17) is 0 Å². The Hall–Kier alpha value is -2.45. The van der Waals surface area contributed by atoms with Crippen molar-refractivity contribution in [2.45, 2.75) is 6.36 Å². The van der Waals surface area contributed by atoms with Crippen LogP contribution >= 0.6 is 0 Å². The lowest BCUT2D eigenvalue weighted by Crippen LogP contribution is -2.37. The summed E-state index contributed by atoms with van der Waals surface area (Å²) in [4.78, 5) is 22.3. The highest BCUT2D eigenvalue weighted by Crippen LogP contribution is 2.29. The van der Waals surface area contributed by atoms with Crippen LogP contribution in [0.25, 0.3) is 0 Å². The number of ether oxygens (including phenoxy) is 1. The summed E-state index contributed by atoms with van der Waals surface area (Å²) in [6.07, 6.45) is -4.86. The average Bonchev–Trinajstić information content (AvgIpc) is 2.36. The van der Waals surface area contributed by atoms with E-state index in [1.54, 1.807) is 0 Å². The largest absolute Gasteiger partial charge is 0.573 e. The van der Waals surface area contributed by atoms with E-state index in [2.05, 4.69) is 20.7 Å². The fraction of sp³-hybridized carbons (Fsp3) is 0.273. The van der Waals surface area contributed by atoms with E-state index < -0.39 is 24.1 Å². The summed E-state index contributed by atoms with van der Waals surface area (Å²) in [5.74, 6) is -0.991. The van der Waals surface area contributed by atoms with Gasteiger partial charge < -0.3 is 20.7 Å². The van der Waals surface area contributed by atoms with Crippen LogP contribution in [0.4, 0.5) is 23.7 Å². The Balaban J connectivity index is 2.67. The quantitative estimate of drug-likeness (QED) is 0.785. The topological polar surface area (TPSA) is 79.5 Å². The number of likely N-dealkylation sites (N-methyl/N-ethyl adjacent to an activating group) is 1. The van der Waals surface area contributed by atoms with E-state index >= 15 is 0 Å². The van der Waals surface area contributed by atoms with Gasteiger partial charge in [-0.2, -0.15) is 0 Å². The average molecular weight is 291 g/mol. The zero-order valence-corrected chi connectivity index (χ0v) is 10.4. The number of anilines is 1. The van der Waals surface area contributed by atoms with Crippen LogP contribution in [0.2, 0.25) is 0 Å². The highest BCUT2D eigenvalue weighted by molar-refractivity contribution is 5.93. The molecule has 0 aromatic heterocycles. The van der Waals surface area contributed by atoms with Crippen molar-refractivity contribution >= 4 is 17.6 Å². The number of carbonyl (C=O) groups excluding carboxylic acids is 2. The number of urea groups is 1. The van der Waals surface area contributed by atoms with E-state index in [0.29, 0.717) is 0 Å². The van der Waals surface area contributed by atoms with Crippen LogP contribution in [0.1, 0.15) is 0 Å². The first-order chi connectivity index (χ1) is 9.31. The maximum absolute atomic E-state index is 12.2. The monoisotopic (exact) mass is 291 g/mol. The third-order valence-corrected chi connectivity index (χ3v) is 2.05. The molecule has 6 nitrogen and oxygen atoms in total. The number of halogens is 3. The minimum Gasteiger partial charge on any atom is -0.404 e. The van der Waals surface area contributed by atoms with Crippen LogP contribution in [0.5, 0.6) is 5.75 Å². The number of hydrogen-bond donors (Lipinski definition) is 3. The van der Waals surface area contributed by atoms with Gasteiger partial charge in [0, 0.05) is 7.05 Å². The predicted molar refractivity (Wildman–Crippen MR) is 64.2 cm³/mol. The zero-order chi connectivity index (χ0) is 15.2. The van der Waals surface area contributed by atoms with Gasteiger partial charge in [0.25, 0.3) is 0 Å². The molecule has 0 radical (unpaired) electrons. The number of benzene rings is 1. The van der Waals surface area contributed by atoms with Crippen LogP contribution < -0.4 is 20.7 Å². The summed E-state index contributed by atoms with van der Waals surface area (Å²) in [5, 5.41) is 6.60. The first-order valence-electron chi connectivity index (χ1n) is 5.42. The summed E-state index contributed by atoms with van der Waals surface area (Å²) in [7, 11) is 1.38. The summed E-state index contributed by atoms with van der Waals surface area (Å²) < 4.78 is 40.2. The molecule has 0 heterocycles. The van der Waals surface area contributed by atoms with Crippen molar-refractivity contribution in [2.75, 3.05) is 18.9 Å². The van der Waals surface area contributed by atoms with Gasteiger partial charge in [0.1, 0.15) is 0 Å². The van der Waals surface area contributed by atoms with Gasteiger partial charge >= 0.3 is 12.4 Å². The van der Waals surface area contributed by atoms with Crippen molar-refractivity contribution in [1.29, 1.82) is 0 Å². The summed E-state index contributed by atoms with van der Waals surface area (Å²) in [6.45, 7) is -0.301. The molecule has 20 heavy (non-hydrogen) atoms. The van der Waals surface area contributed by atoms with Gasteiger partial charge in [-0.05, 0) is 12.1 Å². The van der Waals surface area contributed by atoms with Gasteiger partial charge in [-0.3, -0.25) is 4.79 Å². The molecule has 0 atom stereocenters. The lowest BCUT2D eigenvalue weighted by atomic mass is 10.3. The van der Waals surface area contributed by atoms with E-state index in [1.165, 1.54) is 25.2 Å². The molecule has 0 aliphatic carbocycles. The zero-order valence-electron chi connectivity index (χ0n) is 10.4. The third-order valence-electron chi connectivity index (χ3n) is 2.05. The molecule has 0 spiro atoms. The molecule has 3 amide bonds. The molecule has 1 aromatic carbocycles. The maximum atomic E-state index is 12.2. The molecule has 1 aromatic rings. The molecule has 0 aliphatic rings. The number of para-hydroxylation sites is 2. The van der Waals surface area contributed by atoms with Crippen molar-refractivity contribution in [2.24, 2.45) is 0 Å². The van der Waals surface area contributed by atoms with E-state index in [1.807, 2.05) is 0 Å². The van der Waals surface area contributed by atoms with Crippen LogP contribution in [0.3, 0.4) is 0 Å². The summed E-state index contributed by atoms with van der Waals surface area (Å²) >= 11 is 0. The van der Waals surface area contributed by atoms with Crippen molar-refractivity contribution in [3.8, 4) is 5.75 Å². The second kappa shape index (κ2) is 6.64. The molecule has 0 fully saturated rings. The van der Waals surface area contributed by atoms with E-state index in [0.717, 1.165) is 6.07 Å². The molecule has 0 bridgehead atoms. The molecule has 0 saturated heterocycles. The van der Waals surface area contributed by atoms with Crippen LogP contribution in [-0.4, -0.2) is 31.9 Å². The van der Waals surface area contributed by atoms with Gasteiger partial charge in [-0.1, -0.05) is 12.1 Å². The highest BCUT2D eigenvalue weighted by atomic mass is 19.4. The number of alkyl halides is 3. The normalized spacial score (nSPS) is 10.6. The van der Waals surface area contributed by atoms with Crippen molar-refractivity contribution in [1.82, 2.24) is 10.6 Å². The van der Waals surface area contributed by atoms with Gasteiger partial charge in [0.05, 0.1) is 12.2 Å². The Kier molecular flexibility index (Phi) is 5.18. The second-order valence-electron chi connectivity index (χ2n) is 3.52. The number of hydrogen-bond acceptors (Lipinski definition) is 3. The van der Waals surface area contributed by atoms with Gasteiger partial charge in [0.15, 0.2) is 5.75 Å². The molecule has 0 saturated carbocycles. The Bertz CT molecular complexity index is 491. The lowest BCUT2D eigenvalue weighted by molar-refractivity contribution is -0.274. The second-order valence-corrected chi connectivity index (χ2v) is 3.52. The molecule has 1 rings (SSSR count). The van der Waals surface area contributed by atoms with Gasteiger partial charge in [-0.15, -0.1) is 13.2 Å². The number of carbonyl (C=O) groups is 2. The third kappa shape index (κ3) is 5.46. The smallest absolute Gasteiger partial charge is 0.404 e. The lowest BCUT2D eigenvalue weighted by Gasteiger charge is -2.14. The molecular weight excluding hydrogens is 279 g/mol. The van der Waals surface area contributed by atoms with Crippen LogP contribution in [0, 0.1) is 0 Å². The summed E-state index contributed by atoms with van der Waals surface area (Å²) in [6, 6.07) is 4.22. The first-order valence-corrected chi connectivity index (χ1v) is 5.42. The minimum absolute atomic E-state index is 0.167. The molecule has 0 unspecified atom stereocenters. The fourth-order valence-electron chi connectivity index (χ4n) is 1.20. The molecule has 9 heteroatoms. The van der Waals surface area contributed by atoms with Crippen molar-refractivity contribution in [3.63, 3.8) is 0 Å². The SMILES string of the molecule is CNC(=O)CNC(=O)Nc1ccccc1OC(F)(F)F. The highest BCUT2D eigenvalue weighted by Gasteiger charge is 2.32. The molecule has 0 aliphatic heterocycles. The Morgan fingerprint density at radius 2 is 1.90 bits per heavy atom. The Morgan fingerprint density at radius 1 is 1.25 bits per heavy atom.